The molecule has 0 bridgehead atoms. The van der Waals surface area contributed by atoms with E-state index in [4.69, 9.17) is 4.74 Å². The van der Waals surface area contributed by atoms with Crippen LogP contribution in [0.25, 0.3) is 0 Å². The number of carbonyl (C=O) groups excluding carboxylic acids is 1. The quantitative estimate of drug-likeness (QED) is 0.938. The van der Waals surface area contributed by atoms with Crippen LogP contribution in [-0.2, 0) is 11.2 Å². The number of carbonyl (C=O) groups is 1. The number of rotatable bonds is 3. The molecule has 3 nitrogen and oxygen atoms in total. The zero-order valence-corrected chi connectivity index (χ0v) is 12.1. The first-order chi connectivity index (χ1) is 10.2. The van der Waals surface area contributed by atoms with Gasteiger partial charge in [-0.1, -0.05) is 48.0 Å². The van der Waals surface area contributed by atoms with Crippen LogP contribution in [0.15, 0.2) is 48.5 Å². The zero-order valence-electron chi connectivity index (χ0n) is 12.1. The summed E-state index contributed by atoms with van der Waals surface area (Å²) in [6, 6.07) is 16.0. The summed E-state index contributed by atoms with van der Waals surface area (Å²) in [5, 5.41) is 3.12. The van der Waals surface area contributed by atoms with Gasteiger partial charge in [0.1, 0.15) is 5.75 Å². The maximum absolute atomic E-state index is 12.2. The summed E-state index contributed by atoms with van der Waals surface area (Å²) in [6.45, 7) is 2.69. The molecule has 0 aromatic heterocycles. The van der Waals surface area contributed by atoms with E-state index in [9.17, 15) is 4.79 Å². The van der Waals surface area contributed by atoms with Crippen LogP contribution in [0, 0.1) is 6.92 Å². The molecule has 0 radical (unpaired) electrons. The minimum atomic E-state index is 0.0490. The van der Waals surface area contributed by atoms with Crippen LogP contribution in [0.2, 0.25) is 0 Å². The summed E-state index contributed by atoms with van der Waals surface area (Å²) < 4.78 is 5.62. The zero-order chi connectivity index (χ0) is 14.7. The first-order valence-corrected chi connectivity index (χ1v) is 7.29. The smallest absolute Gasteiger partial charge is 0.224 e. The molecule has 3 heteroatoms. The summed E-state index contributed by atoms with van der Waals surface area (Å²) in [5.74, 6) is 0.935. The highest BCUT2D eigenvalue weighted by Gasteiger charge is 2.22. The monoisotopic (exact) mass is 281 g/mol. The molecular weight excluding hydrogens is 262 g/mol. The molecule has 1 atom stereocenters. The fourth-order valence-corrected chi connectivity index (χ4v) is 2.63. The Balaban J connectivity index is 1.67. The van der Waals surface area contributed by atoms with Crippen molar-refractivity contribution in [1.82, 2.24) is 5.32 Å². The molecule has 2 aromatic rings. The third kappa shape index (κ3) is 3.24. The van der Waals surface area contributed by atoms with Crippen molar-refractivity contribution in [2.45, 2.75) is 25.8 Å². The van der Waals surface area contributed by atoms with Crippen LogP contribution in [0.1, 0.15) is 29.2 Å². The van der Waals surface area contributed by atoms with E-state index >= 15 is 0 Å². The van der Waals surface area contributed by atoms with Crippen LogP contribution >= 0.6 is 0 Å². The summed E-state index contributed by atoms with van der Waals surface area (Å²) in [7, 11) is 0. The highest BCUT2D eigenvalue weighted by Crippen LogP contribution is 2.31. The molecular formula is C18H19NO2. The van der Waals surface area contributed by atoms with E-state index in [2.05, 4.69) is 5.32 Å². The summed E-state index contributed by atoms with van der Waals surface area (Å²) in [5.41, 5.74) is 3.32. The maximum atomic E-state index is 12.2. The third-order valence-corrected chi connectivity index (χ3v) is 3.78. The average Bonchev–Trinajstić information content (AvgIpc) is 2.50. The van der Waals surface area contributed by atoms with E-state index in [1.165, 1.54) is 5.56 Å². The van der Waals surface area contributed by atoms with Gasteiger partial charge in [-0.05, 0) is 18.6 Å². The Bertz CT molecular complexity index is 634. The van der Waals surface area contributed by atoms with Crippen molar-refractivity contribution >= 4 is 5.91 Å². The van der Waals surface area contributed by atoms with Crippen LogP contribution in [0.3, 0.4) is 0 Å². The molecule has 0 saturated carbocycles. The lowest BCUT2D eigenvalue weighted by atomic mass is 10.00. The van der Waals surface area contributed by atoms with E-state index in [1.807, 2.05) is 55.5 Å². The van der Waals surface area contributed by atoms with Gasteiger partial charge in [-0.2, -0.15) is 0 Å². The van der Waals surface area contributed by atoms with E-state index in [0.717, 1.165) is 23.3 Å². The lowest BCUT2D eigenvalue weighted by Gasteiger charge is -2.26. The standard InChI is InChI=1S/C18H19NO2/c1-13-6-8-14(9-7-13)12-18(20)19-16-10-11-21-17-5-3-2-4-15(16)17/h2-9,16H,10-12H2,1H3,(H,19,20). The highest BCUT2D eigenvalue weighted by atomic mass is 16.5. The third-order valence-electron chi connectivity index (χ3n) is 3.78. The van der Waals surface area contributed by atoms with Crippen molar-refractivity contribution < 1.29 is 9.53 Å². The van der Waals surface area contributed by atoms with Crippen LogP contribution in [0.5, 0.6) is 5.75 Å². The van der Waals surface area contributed by atoms with Crippen LogP contribution < -0.4 is 10.1 Å². The first kappa shape index (κ1) is 13.7. The second-order valence-electron chi connectivity index (χ2n) is 5.46. The molecule has 1 N–H and O–H groups in total. The van der Waals surface area contributed by atoms with Gasteiger partial charge in [0.2, 0.25) is 5.91 Å². The largest absolute Gasteiger partial charge is 0.493 e. The van der Waals surface area contributed by atoms with E-state index in [0.29, 0.717) is 13.0 Å². The maximum Gasteiger partial charge on any atom is 0.224 e. The molecule has 1 amide bonds. The molecule has 21 heavy (non-hydrogen) atoms. The lowest BCUT2D eigenvalue weighted by molar-refractivity contribution is -0.121. The number of para-hydroxylation sites is 1. The Hall–Kier alpha value is -2.29. The van der Waals surface area contributed by atoms with Gasteiger partial charge in [0.05, 0.1) is 19.1 Å². The van der Waals surface area contributed by atoms with E-state index in [1.54, 1.807) is 0 Å². The van der Waals surface area contributed by atoms with Crippen LogP contribution in [-0.4, -0.2) is 12.5 Å². The lowest BCUT2D eigenvalue weighted by Crippen LogP contribution is -2.33. The van der Waals surface area contributed by atoms with Gasteiger partial charge in [0, 0.05) is 12.0 Å². The minimum Gasteiger partial charge on any atom is -0.493 e. The number of hydrogen-bond acceptors (Lipinski definition) is 2. The molecule has 0 fully saturated rings. The number of nitrogens with one attached hydrogen (secondary N) is 1. The fourth-order valence-electron chi connectivity index (χ4n) is 2.63. The Labute approximate surface area is 124 Å². The minimum absolute atomic E-state index is 0.0490. The van der Waals surface area contributed by atoms with E-state index in [-0.39, 0.29) is 11.9 Å². The van der Waals surface area contributed by atoms with Crippen molar-refractivity contribution in [3.8, 4) is 5.75 Å². The number of ether oxygens (including phenoxy) is 1. The molecule has 1 aliphatic heterocycles. The predicted octanol–water partition coefficient (Wildman–Crippen LogP) is 3.18. The average molecular weight is 281 g/mol. The van der Waals surface area contributed by atoms with Gasteiger partial charge in [-0.15, -0.1) is 0 Å². The summed E-state index contributed by atoms with van der Waals surface area (Å²) >= 11 is 0. The molecule has 0 spiro atoms. The molecule has 3 rings (SSSR count). The molecule has 0 aliphatic carbocycles. The van der Waals surface area contributed by atoms with Crippen molar-refractivity contribution in [2.24, 2.45) is 0 Å². The molecule has 108 valence electrons. The number of amides is 1. The van der Waals surface area contributed by atoms with Crippen molar-refractivity contribution in [1.29, 1.82) is 0 Å². The van der Waals surface area contributed by atoms with Crippen molar-refractivity contribution in [2.75, 3.05) is 6.61 Å². The van der Waals surface area contributed by atoms with Gasteiger partial charge >= 0.3 is 0 Å². The van der Waals surface area contributed by atoms with Crippen molar-refractivity contribution in [3.63, 3.8) is 0 Å². The van der Waals surface area contributed by atoms with Gasteiger partial charge < -0.3 is 10.1 Å². The van der Waals surface area contributed by atoms with Gasteiger partial charge in [-0.25, -0.2) is 0 Å². The highest BCUT2D eigenvalue weighted by molar-refractivity contribution is 5.79. The topological polar surface area (TPSA) is 38.3 Å². The SMILES string of the molecule is Cc1ccc(CC(=O)NC2CCOc3ccccc32)cc1. The summed E-state index contributed by atoms with van der Waals surface area (Å²) in [4.78, 5) is 12.2. The number of benzene rings is 2. The van der Waals surface area contributed by atoms with Crippen molar-refractivity contribution in [3.05, 3.63) is 65.2 Å². The van der Waals surface area contributed by atoms with E-state index < -0.39 is 0 Å². The molecule has 1 heterocycles. The second-order valence-corrected chi connectivity index (χ2v) is 5.46. The van der Waals surface area contributed by atoms with Gasteiger partial charge in [0.15, 0.2) is 0 Å². The Morgan fingerprint density at radius 3 is 2.76 bits per heavy atom. The Kier molecular flexibility index (Phi) is 3.91. The number of fused-ring (bicyclic) bond motifs is 1. The predicted molar refractivity (Wildman–Crippen MR) is 82.3 cm³/mol. The normalized spacial score (nSPS) is 16.7. The molecule has 0 saturated heterocycles. The van der Waals surface area contributed by atoms with Gasteiger partial charge in [0.25, 0.3) is 0 Å². The summed E-state index contributed by atoms with van der Waals surface area (Å²) in [6.07, 6.45) is 1.23. The number of aryl methyl sites for hydroxylation is 1. The second kappa shape index (κ2) is 6.00. The Morgan fingerprint density at radius 2 is 1.95 bits per heavy atom. The Morgan fingerprint density at radius 1 is 1.19 bits per heavy atom. The molecule has 2 aromatic carbocycles. The molecule has 1 unspecified atom stereocenters. The first-order valence-electron chi connectivity index (χ1n) is 7.29. The number of hydrogen-bond donors (Lipinski definition) is 1. The van der Waals surface area contributed by atoms with Gasteiger partial charge in [-0.3, -0.25) is 4.79 Å². The fraction of sp³-hybridized carbons (Fsp3) is 0.278. The van der Waals surface area contributed by atoms with Crippen LogP contribution in [0.4, 0.5) is 0 Å². The molecule has 1 aliphatic rings.